The van der Waals surface area contributed by atoms with Gasteiger partial charge in [0.2, 0.25) is 0 Å². The van der Waals surface area contributed by atoms with Crippen LogP contribution in [0.25, 0.3) is 28.0 Å². The third kappa shape index (κ3) is 4.61. The predicted molar refractivity (Wildman–Crippen MR) is 153 cm³/mol. The molecule has 12 heteroatoms. The van der Waals surface area contributed by atoms with E-state index < -0.39 is 11.9 Å². The second-order valence-electron chi connectivity index (χ2n) is 10.2. The van der Waals surface area contributed by atoms with Crippen LogP contribution in [0, 0.1) is 0 Å². The van der Waals surface area contributed by atoms with Gasteiger partial charge in [0.1, 0.15) is 17.3 Å². The number of fused-ring (bicyclic) bond motifs is 1. The second-order valence-corrected chi connectivity index (χ2v) is 10.2. The Balaban J connectivity index is 1.31. The number of aromatic carboxylic acids is 1. The van der Waals surface area contributed by atoms with E-state index in [1.807, 2.05) is 6.07 Å². The minimum absolute atomic E-state index is 0.0772. The Morgan fingerprint density at radius 1 is 1.07 bits per heavy atom. The number of phenolic OH excluding ortho intramolecular Hbond substituents is 1. The number of carboxylic acid groups (broad SMARTS) is 1. The van der Waals surface area contributed by atoms with Crippen LogP contribution in [0.5, 0.6) is 5.75 Å². The normalized spacial score (nSPS) is 15.3. The molecule has 5 aromatic rings. The smallest absolute Gasteiger partial charge is 0.354 e. The maximum atomic E-state index is 13.9. The second kappa shape index (κ2) is 10.6. The number of carbonyl (C=O) groups excluding carboxylic acids is 1. The number of rotatable bonds is 7. The van der Waals surface area contributed by atoms with Crippen LogP contribution in [-0.2, 0) is 18.3 Å². The number of carbonyl (C=O) groups is 2. The first-order valence-electron chi connectivity index (χ1n) is 13.3. The van der Waals surface area contributed by atoms with E-state index in [0.29, 0.717) is 59.9 Å². The molecule has 0 saturated carbocycles. The van der Waals surface area contributed by atoms with Crippen LogP contribution in [0.4, 0.5) is 0 Å². The van der Waals surface area contributed by atoms with Crippen molar-refractivity contribution in [2.24, 2.45) is 7.05 Å². The Morgan fingerprint density at radius 3 is 2.52 bits per heavy atom. The van der Waals surface area contributed by atoms with E-state index >= 15 is 0 Å². The average Bonchev–Trinajstić information content (AvgIpc) is 3.68. The molecule has 0 amide bonds. The molecule has 0 bridgehead atoms. The number of methoxy groups -OCH3 is 1. The van der Waals surface area contributed by atoms with E-state index in [-0.39, 0.29) is 23.2 Å². The molecule has 1 saturated heterocycles. The SMILES string of the molecule is COC(=O)c1ccc(-c2ccc(-n3c(=O)n(C4CCN(Cc5ncc(C(=O)O)n5C)C4)c4ncccc43)c(O)c2)cc1. The zero-order valence-corrected chi connectivity index (χ0v) is 23.0. The van der Waals surface area contributed by atoms with Crippen LogP contribution in [0.15, 0.2) is 71.8 Å². The van der Waals surface area contributed by atoms with Crippen LogP contribution in [0.2, 0.25) is 0 Å². The summed E-state index contributed by atoms with van der Waals surface area (Å²) >= 11 is 0. The van der Waals surface area contributed by atoms with Gasteiger partial charge in [0.15, 0.2) is 5.65 Å². The Hall–Kier alpha value is -5.23. The van der Waals surface area contributed by atoms with Gasteiger partial charge in [0.25, 0.3) is 0 Å². The summed E-state index contributed by atoms with van der Waals surface area (Å²) in [6.45, 7) is 1.70. The van der Waals surface area contributed by atoms with E-state index in [2.05, 4.69) is 14.9 Å². The number of nitrogens with zero attached hydrogens (tertiary/aromatic N) is 6. The molecule has 3 aromatic heterocycles. The zero-order chi connectivity index (χ0) is 29.5. The molecule has 1 fully saturated rings. The van der Waals surface area contributed by atoms with Crippen molar-refractivity contribution in [3.8, 4) is 22.6 Å². The van der Waals surface area contributed by atoms with Crippen molar-refractivity contribution < 1.29 is 24.5 Å². The highest BCUT2D eigenvalue weighted by Crippen LogP contribution is 2.32. The molecular weight excluding hydrogens is 540 g/mol. The molecule has 0 radical (unpaired) electrons. The van der Waals surface area contributed by atoms with Gasteiger partial charge in [-0.3, -0.25) is 14.0 Å². The van der Waals surface area contributed by atoms with Gasteiger partial charge in [0.05, 0.1) is 42.7 Å². The summed E-state index contributed by atoms with van der Waals surface area (Å²) in [6.07, 6.45) is 3.68. The van der Waals surface area contributed by atoms with Crippen molar-refractivity contribution in [2.75, 3.05) is 20.2 Å². The summed E-state index contributed by atoms with van der Waals surface area (Å²) in [7, 11) is 3.00. The molecule has 1 atom stereocenters. The van der Waals surface area contributed by atoms with Crippen LogP contribution < -0.4 is 5.69 Å². The quantitative estimate of drug-likeness (QED) is 0.283. The highest BCUT2D eigenvalue weighted by molar-refractivity contribution is 5.90. The van der Waals surface area contributed by atoms with Gasteiger partial charge in [-0.25, -0.2) is 24.4 Å². The summed E-state index contributed by atoms with van der Waals surface area (Å²) in [5.41, 5.74) is 3.15. The van der Waals surface area contributed by atoms with Gasteiger partial charge < -0.3 is 19.5 Å². The van der Waals surface area contributed by atoms with E-state index in [9.17, 15) is 24.6 Å². The molecule has 12 nitrogen and oxygen atoms in total. The van der Waals surface area contributed by atoms with E-state index in [0.717, 1.165) is 5.56 Å². The fourth-order valence-corrected chi connectivity index (χ4v) is 5.58. The maximum Gasteiger partial charge on any atom is 0.354 e. The molecule has 4 heterocycles. The third-order valence-corrected chi connectivity index (χ3v) is 7.77. The number of hydrogen-bond acceptors (Lipinski definition) is 8. The highest BCUT2D eigenvalue weighted by atomic mass is 16.5. The highest BCUT2D eigenvalue weighted by Gasteiger charge is 2.30. The fourth-order valence-electron chi connectivity index (χ4n) is 5.58. The summed E-state index contributed by atoms with van der Waals surface area (Å²) in [6, 6.07) is 15.3. The maximum absolute atomic E-state index is 13.9. The lowest BCUT2D eigenvalue weighted by Crippen LogP contribution is -2.29. The van der Waals surface area contributed by atoms with Crippen LogP contribution in [0.3, 0.4) is 0 Å². The van der Waals surface area contributed by atoms with Crippen molar-refractivity contribution in [2.45, 2.75) is 19.0 Å². The largest absolute Gasteiger partial charge is 0.506 e. The number of aromatic hydroxyl groups is 1. The summed E-state index contributed by atoms with van der Waals surface area (Å²) in [5, 5.41) is 20.4. The van der Waals surface area contributed by atoms with Crippen LogP contribution in [-0.4, -0.2) is 70.9 Å². The zero-order valence-electron chi connectivity index (χ0n) is 23.0. The minimum Gasteiger partial charge on any atom is -0.506 e. The van der Waals surface area contributed by atoms with Gasteiger partial charge in [-0.15, -0.1) is 0 Å². The molecule has 6 rings (SSSR count). The lowest BCUT2D eigenvalue weighted by atomic mass is 10.0. The molecule has 0 spiro atoms. The first kappa shape index (κ1) is 27.0. The van der Waals surface area contributed by atoms with Crippen molar-refractivity contribution in [3.63, 3.8) is 0 Å². The number of imidazole rings is 2. The summed E-state index contributed by atoms with van der Waals surface area (Å²) < 4.78 is 9.47. The number of pyridine rings is 1. The van der Waals surface area contributed by atoms with E-state index in [1.54, 1.807) is 70.9 Å². The van der Waals surface area contributed by atoms with Crippen molar-refractivity contribution in [1.29, 1.82) is 0 Å². The lowest BCUT2D eigenvalue weighted by Gasteiger charge is -2.16. The molecule has 1 aliphatic heterocycles. The number of carboxylic acids is 1. The van der Waals surface area contributed by atoms with Crippen molar-refractivity contribution in [3.05, 3.63) is 94.6 Å². The molecule has 2 N–H and O–H groups in total. The summed E-state index contributed by atoms with van der Waals surface area (Å²) in [5.74, 6) is -0.912. The third-order valence-electron chi connectivity index (χ3n) is 7.77. The topological polar surface area (TPSA) is 145 Å². The Morgan fingerprint density at radius 2 is 1.83 bits per heavy atom. The van der Waals surface area contributed by atoms with Crippen LogP contribution >= 0.6 is 0 Å². The Bertz CT molecular complexity index is 1890. The number of benzene rings is 2. The number of esters is 1. The van der Waals surface area contributed by atoms with Gasteiger partial charge in [0, 0.05) is 26.3 Å². The predicted octanol–water partition coefficient (Wildman–Crippen LogP) is 3.23. The van der Waals surface area contributed by atoms with Crippen molar-refractivity contribution in [1.82, 2.24) is 28.6 Å². The van der Waals surface area contributed by atoms with Gasteiger partial charge >= 0.3 is 17.6 Å². The molecule has 42 heavy (non-hydrogen) atoms. The standard InChI is InChI=1S/C30H28N6O6/c1-33-24(28(38)39)15-32-26(33)17-34-13-11-21(16-34)35-27-23(4-3-12-31-27)36(30(35)41)22-10-9-20(14-25(22)37)18-5-7-19(8-6-18)29(40)42-2/h3-10,12,14-15,21,37H,11,13,16-17H2,1-2H3,(H,38,39). The Labute approximate surface area is 239 Å². The number of phenols is 1. The number of likely N-dealkylation sites (tertiary alicyclic amines) is 1. The molecule has 0 aliphatic carbocycles. The Kier molecular flexibility index (Phi) is 6.83. The van der Waals surface area contributed by atoms with Gasteiger partial charge in [-0.05, 0) is 53.9 Å². The van der Waals surface area contributed by atoms with Gasteiger partial charge in [-0.1, -0.05) is 18.2 Å². The average molecular weight is 569 g/mol. The van der Waals surface area contributed by atoms with Crippen molar-refractivity contribution >= 4 is 23.1 Å². The lowest BCUT2D eigenvalue weighted by molar-refractivity contribution is 0.0599. The molecular formula is C30H28N6O6. The van der Waals surface area contributed by atoms with Crippen LogP contribution in [0.1, 0.15) is 39.1 Å². The van der Waals surface area contributed by atoms with Gasteiger partial charge in [-0.2, -0.15) is 0 Å². The molecule has 2 aromatic carbocycles. The first-order valence-corrected chi connectivity index (χ1v) is 13.3. The number of ether oxygens (including phenoxy) is 1. The van der Waals surface area contributed by atoms with E-state index in [4.69, 9.17) is 4.74 Å². The number of aromatic nitrogens is 5. The summed E-state index contributed by atoms with van der Waals surface area (Å²) in [4.78, 5) is 48.0. The fraction of sp³-hybridized carbons (Fsp3) is 0.233. The number of hydrogen-bond donors (Lipinski definition) is 2. The van der Waals surface area contributed by atoms with E-state index in [1.165, 1.54) is 17.9 Å². The molecule has 214 valence electrons. The minimum atomic E-state index is -1.03. The monoisotopic (exact) mass is 568 g/mol. The first-order chi connectivity index (χ1) is 20.3. The molecule has 1 aliphatic rings. The molecule has 1 unspecified atom stereocenters.